The van der Waals surface area contributed by atoms with Gasteiger partial charge in [0.05, 0.1) is 0 Å². The second kappa shape index (κ2) is 12.6. The molecular weight excluding hydrogens is 445 g/mol. The largest absolute Gasteiger partial charge is 0.444 e. The van der Waals surface area contributed by atoms with E-state index >= 15 is 0 Å². The lowest BCUT2D eigenvalue weighted by Gasteiger charge is -2.27. The Morgan fingerprint density at radius 2 is 2.00 bits per heavy atom. The lowest BCUT2D eigenvalue weighted by Crippen LogP contribution is -2.47. The number of amides is 1. The number of carbonyl (C=O) groups excluding carboxylic acids is 1. The van der Waals surface area contributed by atoms with Gasteiger partial charge in [-0.2, -0.15) is 0 Å². The van der Waals surface area contributed by atoms with Crippen molar-refractivity contribution in [3.63, 3.8) is 0 Å². The lowest BCUT2D eigenvalue weighted by molar-refractivity contribution is 0.0264. The van der Waals surface area contributed by atoms with E-state index in [9.17, 15) is 4.79 Å². The first kappa shape index (κ1) is 25.2. The maximum atomic E-state index is 12.1. The fraction of sp³-hybridized carbons (Fsp3) is 0.889. The van der Waals surface area contributed by atoms with Crippen LogP contribution >= 0.6 is 24.0 Å². The third-order valence-electron chi connectivity index (χ3n) is 4.34. The van der Waals surface area contributed by atoms with Crippen molar-refractivity contribution in [1.82, 2.24) is 20.4 Å². The summed E-state index contributed by atoms with van der Waals surface area (Å²) in [6, 6.07) is 0.581. The normalized spacial score (nSPS) is 18.2. The van der Waals surface area contributed by atoms with E-state index in [1.165, 1.54) is 19.4 Å². The number of rotatable bonds is 7. The quantitative estimate of drug-likeness (QED) is 0.331. The lowest BCUT2D eigenvalue weighted by atomic mass is 10.2. The molecule has 0 aromatic heterocycles. The number of nitrogens with one attached hydrogen (secondary N) is 2. The summed E-state index contributed by atoms with van der Waals surface area (Å²) in [5.41, 5.74) is -0.470. The zero-order chi connectivity index (χ0) is 18.9. The van der Waals surface area contributed by atoms with Crippen LogP contribution in [0.3, 0.4) is 0 Å². The molecule has 0 aromatic carbocycles. The van der Waals surface area contributed by atoms with Crippen molar-refractivity contribution < 1.29 is 9.53 Å². The molecule has 154 valence electrons. The molecule has 8 heteroatoms. The summed E-state index contributed by atoms with van der Waals surface area (Å²) in [5, 5.41) is 6.68. The molecule has 0 radical (unpaired) electrons. The van der Waals surface area contributed by atoms with Gasteiger partial charge in [-0.15, -0.1) is 24.0 Å². The Kier molecular flexibility index (Phi) is 12.2. The first-order chi connectivity index (χ1) is 11.8. The first-order valence-electron chi connectivity index (χ1n) is 9.47. The average molecular weight is 483 g/mol. The van der Waals surface area contributed by atoms with Gasteiger partial charge < -0.3 is 20.3 Å². The van der Waals surface area contributed by atoms with Crippen LogP contribution in [0.25, 0.3) is 0 Å². The molecule has 1 unspecified atom stereocenters. The molecule has 26 heavy (non-hydrogen) atoms. The minimum Gasteiger partial charge on any atom is -0.444 e. The number of ether oxygens (including phenoxy) is 1. The topological polar surface area (TPSA) is 69.2 Å². The van der Waals surface area contributed by atoms with Gasteiger partial charge in [0, 0.05) is 39.3 Å². The van der Waals surface area contributed by atoms with Gasteiger partial charge in [-0.25, -0.2) is 4.79 Å². The molecule has 0 aromatic rings. The van der Waals surface area contributed by atoms with Gasteiger partial charge >= 0.3 is 6.09 Å². The van der Waals surface area contributed by atoms with E-state index in [0.717, 1.165) is 19.0 Å². The number of likely N-dealkylation sites (N-methyl/N-ethyl adjacent to an activating group) is 2. The summed E-state index contributed by atoms with van der Waals surface area (Å²) in [6.45, 7) is 14.8. The predicted octanol–water partition coefficient (Wildman–Crippen LogP) is 2.51. The molecule has 0 bridgehead atoms. The fourth-order valence-electron chi connectivity index (χ4n) is 2.99. The van der Waals surface area contributed by atoms with Crippen LogP contribution in [0.4, 0.5) is 4.79 Å². The zero-order valence-corrected chi connectivity index (χ0v) is 19.6. The van der Waals surface area contributed by atoms with E-state index in [0.29, 0.717) is 25.7 Å². The van der Waals surface area contributed by atoms with E-state index < -0.39 is 5.60 Å². The van der Waals surface area contributed by atoms with E-state index in [4.69, 9.17) is 4.74 Å². The highest BCUT2D eigenvalue weighted by molar-refractivity contribution is 14.0. The number of guanidine groups is 1. The summed E-state index contributed by atoms with van der Waals surface area (Å²) in [6.07, 6.45) is 2.23. The summed E-state index contributed by atoms with van der Waals surface area (Å²) in [5.74, 6) is 0.781. The summed E-state index contributed by atoms with van der Waals surface area (Å²) < 4.78 is 5.42. The van der Waals surface area contributed by atoms with E-state index in [1.54, 1.807) is 11.9 Å². The molecule has 1 aliphatic rings. The molecule has 1 atom stereocenters. The summed E-state index contributed by atoms with van der Waals surface area (Å²) >= 11 is 0. The number of likely N-dealkylation sites (tertiary alicyclic amines) is 1. The smallest absolute Gasteiger partial charge is 0.410 e. The Morgan fingerprint density at radius 1 is 1.31 bits per heavy atom. The summed E-state index contributed by atoms with van der Waals surface area (Å²) in [7, 11) is 1.77. The minimum absolute atomic E-state index is 0. The van der Waals surface area contributed by atoms with Gasteiger partial charge in [0.2, 0.25) is 0 Å². The first-order valence-corrected chi connectivity index (χ1v) is 9.47. The number of carbonyl (C=O) groups is 1. The Morgan fingerprint density at radius 3 is 2.54 bits per heavy atom. The van der Waals surface area contributed by atoms with Crippen molar-refractivity contribution in [1.29, 1.82) is 0 Å². The van der Waals surface area contributed by atoms with Crippen molar-refractivity contribution >= 4 is 36.0 Å². The highest BCUT2D eigenvalue weighted by atomic mass is 127. The Bertz CT molecular complexity index is 440. The van der Waals surface area contributed by atoms with Crippen molar-refractivity contribution in [3.8, 4) is 0 Å². The molecule has 0 saturated carbocycles. The van der Waals surface area contributed by atoms with Crippen LogP contribution < -0.4 is 10.6 Å². The van der Waals surface area contributed by atoms with Crippen molar-refractivity contribution in [3.05, 3.63) is 0 Å². The number of nitrogens with zero attached hydrogens (tertiary/aromatic N) is 3. The maximum Gasteiger partial charge on any atom is 0.410 e. The van der Waals surface area contributed by atoms with E-state index in [1.807, 2.05) is 27.7 Å². The Hall–Kier alpha value is -0.770. The van der Waals surface area contributed by atoms with Crippen LogP contribution in [0.5, 0.6) is 0 Å². The molecule has 0 spiro atoms. The molecule has 1 amide bonds. The van der Waals surface area contributed by atoms with Gasteiger partial charge in [0.25, 0.3) is 0 Å². The molecule has 0 aliphatic carbocycles. The average Bonchev–Trinajstić information content (AvgIpc) is 3.00. The number of halogens is 1. The maximum absolute atomic E-state index is 12.1. The summed E-state index contributed by atoms with van der Waals surface area (Å²) in [4.78, 5) is 20.6. The van der Waals surface area contributed by atoms with Gasteiger partial charge in [0.15, 0.2) is 5.96 Å². The highest BCUT2D eigenvalue weighted by Crippen LogP contribution is 2.15. The van der Waals surface area contributed by atoms with Gasteiger partial charge in [-0.1, -0.05) is 6.92 Å². The van der Waals surface area contributed by atoms with Crippen LogP contribution in [-0.4, -0.2) is 79.8 Å². The predicted molar refractivity (Wildman–Crippen MR) is 119 cm³/mol. The third kappa shape index (κ3) is 9.25. The zero-order valence-electron chi connectivity index (χ0n) is 17.3. The molecule has 7 nitrogen and oxygen atoms in total. The Balaban J connectivity index is 0.00000625. The molecule has 1 aliphatic heterocycles. The molecule has 1 heterocycles. The van der Waals surface area contributed by atoms with E-state index in [-0.39, 0.29) is 30.1 Å². The molecule has 1 fully saturated rings. The molecule has 2 N–H and O–H groups in total. The SMILES string of the molecule is CCN(CCNC(=NC)NCC1CCCN1CC)C(=O)OC(C)(C)C.I. The second-order valence-electron chi connectivity index (χ2n) is 7.36. The van der Waals surface area contributed by atoms with E-state index in [2.05, 4.69) is 27.4 Å². The number of hydrogen-bond donors (Lipinski definition) is 2. The molecular formula is C18H38IN5O2. The van der Waals surface area contributed by atoms with Gasteiger partial charge in [-0.3, -0.25) is 9.89 Å². The monoisotopic (exact) mass is 483 g/mol. The van der Waals surface area contributed by atoms with Crippen LogP contribution in [0.15, 0.2) is 4.99 Å². The number of aliphatic imine (C=N–C) groups is 1. The Labute approximate surface area is 176 Å². The molecule has 1 saturated heterocycles. The van der Waals surface area contributed by atoms with Crippen molar-refractivity contribution in [2.45, 2.75) is 59.1 Å². The van der Waals surface area contributed by atoms with Crippen LogP contribution in [0.2, 0.25) is 0 Å². The van der Waals surface area contributed by atoms with Crippen LogP contribution in [-0.2, 0) is 4.74 Å². The number of hydrogen-bond acceptors (Lipinski definition) is 4. The second-order valence-corrected chi connectivity index (χ2v) is 7.36. The van der Waals surface area contributed by atoms with Crippen molar-refractivity contribution in [2.75, 3.05) is 46.3 Å². The third-order valence-corrected chi connectivity index (χ3v) is 4.34. The van der Waals surface area contributed by atoms with Crippen molar-refractivity contribution in [2.24, 2.45) is 4.99 Å². The molecule has 1 rings (SSSR count). The minimum atomic E-state index is -0.470. The van der Waals surface area contributed by atoms with Gasteiger partial charge in [-0.05, 0) is 53.6 Å². The standard InChI is InChI=1S/C18H37N5O2.HI/c1-7-22-12-9-10-15(22)14-21-16(19-6)20-11-13-23(8-2)17(24)25-18(3,4)5;/h15H,7-14H2,1-6H3,(H2,19,20,21);1H. The highest BCUT2D eigenvalue weighted by Gasteiger charge is 2.23. The fourth-order valence-corrected chi connectivity index (χ4v) is 2.99. The van der Waals surface area contributed by atoms with Gasteiger partial charge in [0.1, 0.15) is 5.60 Å². The van der Waals surface area contributed by atoms with Crippen LogP contribution in [0.1, 0.15) is 47.5 Å². The van der Waals surface area contributed by atoms with Crippen LogP contribution in [0, 0.1) is 0 Å².